The highest BCUT2D eigenvalue weighted by atomic mass is 35.5. The van der Waals surface area contributed by atoms with Crippen molar-refractivity contribution >= 4 is 45.6 Å². The fourth-order valence-corrected chi connectivity index (χ4v) is 5.96. The summed E-state index contributed by atoms with van der Waals surface area (Å²) in [5.41, 5.74) is 3.75. The lowest BCUT2D eigenvalue weighted by atomic mass is 9.89. The summed E-state index contributed by atoms with van der Waals surface area (Å²) in [6.07, 6.45) is 2.67. The van der Waals surface area contributed by atoms with Gasteiger partial charge in [0.2, 0.25) is 10.0 Å². The van der Waals surface area contributed by atoms with Gasteiger partial charge >= 0.3 is 0 Å². The van der Waals surface area contributed by atoms with Crippen LogP contribution in [0.2, 0.25) is 10.0 Å². The predicted molar refractivity (Wildman–Crippen MR) is 129 cm³/mol. The molecule has 1 unspecified atom stereocenters. The van der Waals surface area contributed by atoms with Crippen molar-refractivity contribution in [1.82, 2.24) is 4.31 Å². The fraction of sp³-hybridized carbons (Fsp3) is 0.160. The molecule has 0 spiro atoms. The second-order valence-electron chi connectivity index (χ2n) is 7.80. The molecule has 1 aliphatic rings. The Balaban J connectivity index is 1.82. The van der Waals surface area contributed by atoms with E-state index in [-0.39, 0.29) is 28.9 Å². The number of aldehydes is 1. The number of nitrogens with zero attached hydrogens (tertiary/aromatic N) is 1. The minimum absolute atomic E-state index is 0.187. The maximum Gasteiger partial charge on any atom is 0.243 e. The van der Waals surface area contributed by atoms with Gasteiger partial charge < -0.3 is 0 Å². The Hall–Kier alpha value is -2.44. The van der Waals surface area contributed by atoms with Crippen molar-refractivity contribution in [3.63, 3.8) is 0 Å². The molecule has 32 heavy (non-hydrogen) atoms. The Labute approximate surface area is 198 Å². The zero-order valence-electron chi connectivity index (χ0n) is 17.3. The minimum Gasteiger partial charge on any atom is -0.298 e. The van der Waals surface area contributed by atoms with E-state index in [0.29, 0.717) is 22.4 Å². The lowest BCUT2D eigenvalue weighted by molar-refractivity contribution is 0.112. The molecule has 0 radical (unpaired) electrons. The molecule has 1 saturated heterocycles. The first-order valence-corrected chi connectivity index (χ1v) is 12.3. The van der Waals surface area contributed by atoms with E-state index in [1.165, 1.54) is 10.4 Å². The molecule has 7 heteroatoms. The molecule has 4 nitrogen and oxygen atoms in total. The number of hydrogen-bond acceptors (Lipinski definition) is 3. The van der Waals surface area contributed by atoms with Crippen LogP contribution < -0.4 is 0 Å². The van der Waals surface area contributed by atoms with E-state index in [1.54, 1.807) is 30.3 Å². The van der Waals surface area contributed by atoms with Gasteiger partial charge in [-0.3, -0.25) is 4.79 Å². The number of sulfonamides is 1. The first-order chi connectivity index (χ1) is 15.3. The van der Waals surface area contributed by atoms with E-state index in [0.717, 1.165) is 16.7 Å². The Kier molecular flexibility index (Phi) is 6.54. The lowest BCUT2D eigenvalue weighted by Crippen LogP contribution is -2.28. The van der Waals surface area contributed by atoms with Gasteiger partial charge in [0.1, 0.15) is 0 Å². The van der Waals surface area contributed by atoms with Crippen LogP contribution in [0.25, 0.3) is 6.08 Å². The summed E-state index contributed by atoms with van der Waals surface area (Å²) in [5, 5.41) is 0.649. The van der Waals surface area contributed by atoms with Gasteiger partial charge in [-0.2, -0.15) is 4.31 Å². The molecule has 3 aromatic rings. The summed E-state index contributed by atoms with van der Waals surface area (Å²) in [4.78, 5) is 12.1. The van der Waals surface area contributed by atoms with Crippen LogP contribution in [0.3, 0.4) is 0 Å². The lowest BCUT2D eigenvalue weighted by Gasteiger charge is -2.18. The van der Waals surface area contributed by atoms with Crippen molar-refractivity contribution in [1.29, 1.82) is 0 Å². The van der Waals surface area contributed by atoms with Gasteiger partial charge in [-0.15, -0.1) is 0 Å². The normalized spacial score (nSPS) is 18.2. The van der Waals surface area contributed by atoms with Crippen molar-refractivity contribution in [2.75, 3.05) is 13.1 Å². The van der Waals surface area contributed by atoms with Crippen molar-refractivity contribution in [3.8, 4) is 0 Å². The SMILES string of the molecule is Cc1ccc(S(=O)(=O)N2C/C(=C\c3ccccc3)C(c3cc(Cl)cc(Cl)c3C=O)C2)cc1. The third kappa shape index (κ3) is 4.52. The number of carbonyl (C=O) groups excluding carboxylic acids is 1. The van der Waals surface area contributed by atoms with Crippen LogP contribution in [-0.2, 0) is 10.0 Å². The average molecular weight is 486 g/mol. The molecule has 0 aromatic heterocycles. The quantitative estimate of drug-likeness (QED) is 0.417. The van der Waals surface area contributed by atoms with E-state index in [4.69, 9.17) is 23.2 Å². The standard InChI is InChI=1S/C25H21Cl2NO3S/c1-17-7-9-21(10-8-17)32(30,31)28-14-19(11-18-5-3-2-4-6-18)23(15-28)22-12-20(26)13-25(27)24(22)16-29/h2-13,16,23H,14-15H2,1H3/b19-11+. The van der Waals surface area contributed by atoms with Crippen molar-refractivity contribution in [2.45, 2.75) is 17.7 Å². The Morgan fingerprint density at radius 2 is 1.69 bits per heavy atom. The molecule has 3 aromatic carbocycles. The molecule has 0 N–H and O–H groups in total. The number of carbonyl (C=O) groups is 1. The summed E-state index contributed by atoms with van der Waals surface area (Å²) in [5.74, 6) is -0.355. The molecule has 0 aliphatic carbocycles. The van der Waals surface area contributed by atoms with Gasteiger partial charge in [-0.25, -0.2) is 8.42 Å². The van der Waals surface area contributed by atoms with Crippen LogP contribution in [0, 0.1) is 6.92 Å². The Morgan fingerprint density at radius 3 is 2.34 bits per heavy atom. The Bertz CT molecular complexity index is 1290. The third-order valence-electron chi connectivity index (χ3n) is 5.62. The molecule has 164 valence electrons. The van der Waals surface area contributed by atoms with Crippen LogP contribution in [0.1, 0.15) is 33.0 Å². The Morgan fingerprint density at radius 1 is 1.00 bits per heavy atom. The smallest absolute Gasteiger partial charge is 0.243 e. The highest BCUT2D eigenvalue weighted by Gasteiger charge is 2.37. The first kappa shape index (κ1) is 22.7. The number of benzene rings is 3. The second-order valence-corrected chi connectivity index (χ2v) is 10.6. The topological polar surface area (TPSA) is 54.5 Å². The number of rotatable bonds is 5. The summed E-state index contributed by atoms with van der Waals surface area (Å²) in [6.45, 7) is 2.30. The van der Waals surface area contributed by atoms with Crippen LogP contribution in [-0.4, -0.2) is 32.1 Å². The maximum atomic E-state index is 13.4. The molecule has 1 fully saturated rings. The summed E-state index contributed by atoms with van der Waals surface area (Å²) in [6, 6.07) is 19.7. The molecule has 1 aliphatic heterocycles. The first-order valence-electron chi connectivity index (χ1n) is 10.1. The molecular formula is C25H21Cl2NO3S. The minimum atomic E-state index is -3.72. The number of hydrogen-bond donors (Lipinski definition) is 0. The average Bonchev–Trinajstić information content (AvgIpc) is 3.19. The summed E-state index contributed by atoms with van der Waals surface area (Å²) >= 11 is 12.5. The third-order valence-corrected chi connectivity index (χ3v) is 7.98. The summed E-state index contributed by atoms with van der Waals surface area (Å²) < 4.78 is 28.2. The van der Waals surface area contributed by atoms with Gasteiger partial charge in [0, 0.05) is 29.6 Å². The van der Waals surface area contributed by atoms with Gasteiger partial charge in [0.25, 0.3) is 0 Å². The zero-order chi connectivity index (χ0) is 22.9. The van der Waals surface area contributed by atoms with E-state index < -0.39 is 10.0 Å². The van der Waals surface area contributed by atoms with E-state index in [2.05, 4.69) is 0 Å². The molecule has 0 bridgehead atoms. The van der Waals surface area contributed by atoms with Crippen LogP contribution in [0.15, 0.2) is 77.2 Å². The maximum absolute atomic E-state index is 13.4. The van der Waals surface area contributed by atoms with E-state index in [1.807, 2.05) is 43.3 Å². The van der Waals surface area contributed by atoms with Gasteiger partial charge in [0.15, 0.2) is 6.29 Å². The summed E-state index contributed by atoms with van der Waals surface area (Å²) in [7, 11) is -3.72. The highest BCUT2D eigenvalue weighted by Crippen LogP contribution is 2.40. The largest absolute Gasteiger partial charge is 0.298 e. The molecule has 4 rings (SSSR count). The molecule has 1 heterocycles. The number of aryl methyl sites for hydroxylation is 1. The van der Waals surface area contributed by atoms with Gasteiger partial charge in [-0.1, -0.05) is 77.3 Å². The van der Waals surface area contributed by atoms with Crippen molar-refractivity contribution in [3.05, 3.63) is 105 Å². The van der Waals surface area contributed by atoms with Gasteiger partial charge in [0.05, 0.1) is 9.92 Å². The molecule has 1 atom stereocenters. The predicted octanol–water partition coefficient (Wildman–Crippen LogP) is 5.99. The fourth-order valence-electron chi connectivity index (χ4n) is 3.97. The monoisotopic (exact) mass is 485 g/mol. The van der Waals surface area contributed by atoms with E-state index >= 15 is 0 Å². The molecule has 0 amide bonds. The molecular weight excluding hydrogens is 465 g/mol. The van der Waals surface area contributed by atoms with Crippen LogP contribution in [0.4, 0.5) is 0 Å². The zero-order valence-corrected chi connectivity index (χ0v) is 19.7. The second kappa shape index (κ2) is 9.20. The van der Waals surface area contributed by atoms with Gasteiger partial charge in [-0.05, 0) is 47.9 Å². The van der Waals surface area contributed by atoms with Crippen molar-refractivity contribution in [2.24, 2.45) is 0 Å². The van der Waals surface area contributed by atoms with Crippen LogP contribution in [0.5, 0.6) is 0 Å². The van der Waals surface area contributed by atoms with Crippen molar-refractivity contribution < 1.29 is 13.2 Å². The highest BCUT2D eigenvalue weighted by molar-refractivity contribution is 7.89. The molecule has 0 saturated carbocycles. The number of halogens is 2. The van der Waals surface area contributed by atoms with Crippen LogP contribution >= 0.6 is 23.2 Å². The van der Waals surface area contributed by atoms with E-state index in [9.17, 15) is 13.2 Å².